The van der Waals surface area contributed by atoms with Crippen LogP contribution < -0.4 is 11.5 Å². The highest BCUT2D eigenvalue weighted by atomic mass is 32.2. The molecule has 0 aliphatic carbocycles. The van der Waals surface area contributed by atoms with Crippen molar-refractivity contribution < 1.29 is 0 Å². The summed E-state index contributed by atoms with van der Waals surface area (Å²) in [5.74, 6) is 0. The number of hydrogen-bond acceptors (Lipinski definition) is 3. The van der Waals surface area contributed by atoms with E-state index in [-0.39, 0.29) is 0 Å². The molecule has 4 N–H and O–H groups in total. The standard InChI is InChI=1S/C18H16N2S/c19-13-10-11-18(21-14-6-2-1-3-7-14)16(12-13)15-8-4-5-9-17(15)20/h1-12H,19-20H2. The largest absolute Gasteiger partial charge is 0.399 e. The molecule has 3 heteroatoms. The fraction of sp³-hybridized carbons (Fsp3) is 0. The Morgan fingerprint density at radius 2 is 1.38 bits per heavy atom. The van der Waals surface area contributed by atoms with Crippen LogP contribution in [0.5, 0.6) is 0 Å². The average Bonchev–Trinajstić information content (AvgIpc) is 2.51. The summed E-state index contributed by atoms with van der Waals surface area (Å²) >= 11 is 1.72. The van der Waals surface area contributed by atoms with Crippen LogP contribution in [-0.4, -0.2) is 0 Å². The Kier molecular flexibility index (Phi) is 3.84. The van der Waals surface area contributed by atoms with Gasteiger partial charge in [-0.1, -0.05) is 48.2 Å². The third-order valence-corrected chi connectivity index (χ3v) is 4.31. The number of rotatable bonds is 3. The summed E-state index contributed by atoms with van der Waals surface area (Å²) in [5.41, 5.74) is 15.7. The van der Waals surface area contributed by atoms with E-state index in [9.17, 15) is 0 Å². The molecular weight excluding hydrogens is 276 g/mol. The van der Waals surface area contributed by atoms with Gasteiger partial charge in [0.2, 0.25) is 0 Å². The summed E-state index contributed by atoms with van der Waals surface area (Å²) in [7, 11) is 0. The van der Waals surface area contributed by atoms with Gasteiger partial charge in [0.1, 0.15) is 0 Å². The molecular formula is C18H16N2S. The van der Waals surface area contributed by atoms with Gasteiger partial charge in [-0.15, -0.1) is 0 Å². The second-order valence-electron chi connectivity index (χ2n) is 4.76. The number of para-hydroxylation sites is 1. The molecule has 0 saturated heterocycles. The number of hydrogen-bond donors (Lipinski definition) is 2. The van der Waals surface area contributed by atoms with E-state index in [4.69, 9.17) is 11.5 Å². The van der Waals surface area contributed by atoms with Gasteiger partial charge in [-0.2, -0.15) is 0 Å². The van der Waals surface area contributed by atoms with Gasteiger partial charge < -0.3 is 11.5 Å². The topological polar surface area (TPSA) is 52.0 Å². The Morgan fingerprint density at radius 1 is 0.667 bits per heavy atom. The van der Waals surface area contributed by atoms with E-state index in [1.165, 1.54) is 4.90 Å². The lowest BCUT2D eigenvalue weighted by molar-refractivity contribution is 1.40. The molecule has 3 rings (SSSR count). The Morgan fingerprint density at radius 3 is 2.14 bits per heavy atom. The molecule has 0 amide bonds. The van der Waals surface area contributed by atoms with Gasteiger partial charge in [0.05, 0.1) is 0 Å². The monoisotopic (exact) mass is 292 g/mol. The van der Waals surface area contributed by atoms with Crippen LogP contribution in [0.1, 0.15) is 0 Å². The summed E-state index contributed by atoms with van der Waals surface area (Å²) in [4.78, 5) is 2.34. The van der Waals surface area contributed by atoms with Crippen molar-refractivity contribution in [1.29, 1.82) is 0 Å². The maximum Gasteiger partial charge on any atom is 0.0394 e. The van der Waals surface area contributed by atoms with E-state index >= 15 is 0 Å². The van der Waals surface area contributed by atoms with Crippen molar-refractivity contribution in [1.82, 2.24) is 0 Å². The van der Waals surface area contributed by atoms with Crippen molar-refractivity contribution in [2.45, 2.75) is 9.79 Å². The summed E-state index contributed by atoms with van der Waals surface area (Å²) < 4.78 is 0. The van der Waals surface area contributed by atoms with Gasteiger partial charge in [0.25, 0.3) is 0 Å². The van der Waals surface area contributed by atoms with Crippen LogP contribution in [0.2, 0.25) is 0 Å². The van der Waals surface area contributed by atoms with E-state index in [1.54, 1.807) is 11.8 Å². The number of nitrogens with two attached hydrogens (primary N) is 2. The van der Waals surface area contributed by atoms with E-state index in [0.717, 1.165) is 27.4 Å². The minimum Gasteiger partial charge on any atom is -0.399 e. The number of nitrogen functional groups attached to an aromatic ring is 2. The lowest BCUT2D eigenvalue weighted by Crippen LogP contribution is -1.93. The highest BCUT2D eigenvalue weighted by Gasteiger charge is 2.09. The third-order valence-electron chi connectivity index (χ3n) is 3.23. The fourth-order valence-electron chi connectivity index (χ4n) is 2.20. The zero-order chi connectivity index (χ0) is 14.7. The second-order valence-corrected chi connectivity index (χ2v) is 5.87. The van der Waals surface area contributed by atoms with Crippen LogP contribution in [0.25, 0.3) is 11.1 Å². The molecule has 21 heavy (non-hydrogen) atoms. The van der Waals surface area contributed by atoms with Gasteiger partial charge in [-0.05, 0) is 42.0 Å². The van der Waals surface area contributed by atoms with Crippen molar-refractivity contribution in [3.05, 3.63) is 72.8 Å². The van der Waals surface area contributed by atoms with E-state index in [1.807, 2.05) is 54.6 Å². The number of anilines is 2. The first-order valence-electron chi connectivity index (χ1n) is 6.71. The van der Waals surface area contributed by atoms with E-state index in [2.05, 4.69) is 18.2 Å². The molecule has 104 valence electrons. The molecule has 0 saturated carbocycles. The molecule has 3 aromatic rings. The molecule has 0 atom stereocenters. The smallest absolute Gasteiger partial charge is 0.0394 e. The first kappa shape index (κ1) is 13.6. The molecule has 0 bridgehead atoms. The Bertz CT molecular complexity index is 754. The minimum absolute atomic E-state index is 0.741. The Balaban J connectivity index is 2.08. The molecule has 0 aliphatic heterocycles. The van der Waals surface area contributed by atoms with Crippen LogP contribution in [0.15, 0.2) is 82.6 Å². The second kappa shape index (κ2) is 5.94. The molecule has 0 aliphatic rings. The zero-order valence-electron chi connectivity index (χ0n) is 11.5. The minimum atomic E-state index is 0.741. The average molecular weight is 292 g/mol. The predicted molar refractivity (Wildman–Crippen MR) is 91.3 cm³/mol. The van der Waals surface area contributed by atoms with Crippen molar-refractivity contribution in [2.24, 2.45) is 0 Å². The first-order valence-corrected chi connectivity index (χ1v) is 7.53. The Labute approximate surface area is 128 Å². The number of benzene rings is 3. The predicted octanol–water partition coefficient (Wildman–Crippen LogP) is 4.67. The summed E-state index contributed by atoms with van der Waals surface area (Å²) in [5, 5.41) is 0. The van der Waals surface area contributed by atoms with Crippen LogP contribution in [0.3, 0.4) is 0 Å². The Hall–Kier alpha value is -2.39. The van der Waals surface area contributed by atoms with Crippen LogP contribution >= 0.6 is 11.8 Å². The first-order chi connectivity index (χ1) is 10.2. The van der Waals surface area contributed by atoms with Gasteiger partial charge in [0, 0.05) is 26.7 Å². The van der Waals surface area contributed by atoms with E-state index < -0.39 is 0 Å². The van der Waals surface area contributed by atoms with Gasteiger partial charge in [-0.3, -0.25) is 0 Å². The van der Waals surface area contributed by atoms with Crippen molar-refractivity contribution in [2.75, 3.05) is 11.5 Å². The quantitative estimate of drug-likeness (QED) is 0.690. The molecule has 0 radical (unpaired) electrons. The molecule has 3 aromatic carbocycles. The lowest BCUT2D eigenvalue weighted by atomic mass is 10.0. The fourth-order valence-corrected chi connectivity index (χ4v) is 3.17. The van der Waals surface area contributed by atoms with Crippen molar-refractivity contribution in [3.63, 3.8) is 0 Å². The van der Waals surface area contributed by atoms with Crippen molar-refractivity contribution >= 4 is 23.1 Å². The van der Waals surface area contributed by atoms with Crippen LogP contribution in [0.4, 0.5) is 11.4 Å². The van der Waals surface area contributed by atoms with Crippen LogP contribution in [-0.2, 0) is 0 Å². The van der Waals surface area contributed by atoms with Gasteiger partial charge in [0.15, 0.2) is 0 Å². The van der Waals surface area contributed by atoms with E-state index in [0.29, 0.717) is 0 Å². The summed E-state index contributed by atoms with van der Waals surface area (Å²) in [6.07, 6.45) is 0. The molecule has 0 fully saturated rings. The normalized spacial score (nSPS) is 10.5. The molecule has 0 unspecified atom stereocenters. The van der Waals surface area contributed by atoms with Crippen LogP contribution in [0, 0.1) is 0 Å². The maximum absolute atomic E-state index is 6.11. The SMILES string of the molecule is Nc1ccc(Sc2ccccc2)c(-c2ccccc2N)c1. The molecule has 0 spiro atoms. The molecule has 0 aromatic heterocycles. The highest BCUT2D eigenvalue weighted by molar-refractivity contribution is 7.99. The lowest BCUT2D eigenvalue weighted by Gasteiger charge is -2.12. The molecule has 2 nitrogen and oxygen atoms in total. The highest BCUT2D eigenvalue weighted by Crippen LogP contribution is 2.38. The van der Waals surface area contributed by atoms with Gasteiger partial charge >= 0.3 is 0 Å². The zero-order valence-corrected chi connectivity index (χ0v) is 12.3. The summed E-state index contributed by atoms with van der Waals surface area (Å²) in [6.45, 7) is 0. The third kappa shape index (κ3) is 3.03. The summed E-state index contributed by atoms with van der Waals surface area (Å²) in [6, 6.07) is 24.1. The maximum atomic E-state index is 6.11. The van der Waals surface area contributed by atoms with Gasteiger partial charge in [-0.25, -0.2) is 0 Å². The van der Waals surface area contributed by atoms with Crippen molar-refractivity contribution in [3.8, 4) is 11.1 Å². The molecule has 0 heterocycles.